The number of benzene rings is 1. The van der Waals surface area contributed by atoms with Gasteiger partial charge in [0, 0.05) is 61.9 Å². The minimum atomic E-state index is 0.0207. The first-order valence-corrected chi connectivity index (χ1v) is 9.91. The molecule has 1 saturated heterocycles. The summed E-state index contributed by atoms with van der Waals surface area (Å²) in [5.74, 6) is 0.727. The minimum Gasteiger partial charge on any atom is -0.337 e. The maximum atomic E-state index is 13.5. The lowest BCUT2D eigenvalue weighted by molar-refractivity contribution is 0.0748. The Balaban J connectivity index is 1.45. The standard InChI is InChI=1S/C23H20N6O/c30-22(28-11-13-29(14-12-28)23-25-9-4-10-26-23)19-15-21(17-5-3-8-24-16-17)27-20-7-2-1-6-18(19)20/h1-10,15-16H,11-14H2. The van der Waals surface area contributed by atoms with Gasteiger partial charge in [-0.1, -0.05) is 18.2 Å². The van der Waals surface area contributed by atoms with Gasteiger partial charge < -0.3 is 9.80 Å². The lowest BCUT2D eigenvalue weighted by atomic mass is 10.0. The molecule has 1 aliphatic heterocycles. The van der Waals surface area contributed by atoms with Crippen molar-refractivity contribution in [1.29, 1.82) is 0 Å². The molecule has 4 aromatic rings. The highest BCUT2D eigenvalue weighted by Crippen LogP contribution is 2.26. The molecule has 0 bridgehead atoms. The van der Waals surface area contributed by atoms with E-state index in [-0.39, 0.29) is 5.91 Å². The van der Waals surface area contributed by atoms with E-state index in [1.165, 1.54) is 0 Å². The molecule has 5 rings (SSSR count). The van der Waals surface area contributed by atoms with E-state index in [0.29, 0.717) is 37.7 Å². The summed E-state index contributed by atoms with van der Waals surface area (Å²) in [4.78, 5) is 35.0. The fraction of sp³-hybridized carbons (Fsp3) is 0.174. The topological polar surface area (TPSA) is 75.1 Å². The third kappa shape index (κ3) is 3.45. The molecule has 3 aromatic heterocycles. The van der Waals surface area contributed by atoms with Crippen molar-refractivity contribution >= 4 is 22.8 Å². The van der Waals surface area contributed by atoms with Crippen molar-refractivity contribution in [3.8, 4) is 11.3 Å². The van der Waals surface area contributed by atoms with E-state index in [1.807, 2.05) is 47.4 Å². The molecule has 0 aliphatic carbocycles. The molecule has 30 heavy (non-hydrogen) atoms. The van der Waals surface area contributed by atoms with Gasteiger partial charge in [-0.25, -0.2) is 15.0 Å². The predicted molar refractivity (Wildman–Crippen MR) is 115 cm³/mol. The zero-order valence-corrected chi connectivity index (χ0v) is 16.3. The van der Waals surface area contributed by atoms with Gasteiger partial charge in [-0.05, 0) is 30.3 Å². The van der Waals surface area contributed by atoms with E-state index in [4.69, 9.17) is 4.98 Å². The first-order valence-electron chi connectivity index (χ1n) is 9.91. The van der Waals surface area contributed by atoms with Gasteiger partial charge in [0.05, 0.1) is 16.8 Å². The smallest absolute Gasteiger partial charge is 0.254 e. The summed E-state index contributed by atoms with van der Waals surface area (Å²) in [6.45, 7) is 2.65. The van der Waals surface area contributed by atoms with Crippen LogP contribution in [0.25, 0.3) is 22.2 Å². The van der Waals surface area contributed by atoms with Crippen LogP contribution in [0.2, 0.25) is 0 Å². The molecule has 0 N–H and O–H groups in total. The molecule has 148 valence electrons. The molecule has 0 atom stereocenters. The number of rotatable bonds is 3. The average molecular weight is 396 g/mol. The summed E-state index contributed by atoms with van der Waals surface area (Å²) in [5, 5.41) is 0.865. The van der Waals surface area contributed by atoms with Gasteiger partial charge in [0.25, 0.3) is 5.91 Å². The van der Waals surface area contributed by atoms with Gasteiger partial charge in [-0.15, -0.1) is 0 Å². The van der Waals surface area contributed by atoms with Crippen LogP contribution < -0.4 is 4.90 Å². The van der Waals surface area contributed by atoms with Crippen molar-refractivity contribution in [1.82, 2.24) is 24.8 Å². The first kappa shape index (κ1) is 18.2. The number of anilines is 1. The summed E-state index contributed by atoms with van der Waals surface area (Å²) in [7, 11) is 0. The Morgan fingerprint density at radius 2 is 1.67 bits per heavy atom. The Bertz CT molecular complexity index is 1170. The predicted octanol–water partition coefficient (Wildman–Crippen LogP) is 3.05. The van der Waals surface area contributed by atoms with E-state index in [1.54, 1.807) is 30.9 Å². The molecule has 0 saturated carbocycles. The van der Waals surface area contributed by atoms with Gasteiger partial charge in [0.2, 0.25) is 5.95 Å². The highest BCUT2D eigenvalue weighted by molar-refractivity contribution is 6.07. The van der Waals surface area contributed by atoms with Gasteiger partial charge >= 0.3 is 0 Å². The van der Waals surface area contributed by atoms with Gasteiger partial charge in [-0.3, -0.25) is 9.78 Å². The molecule has 1 amide bonds. The number of nitrogens with zero attached hydrogens (tertiary/aromatic N) is 6. The van der Waals surface area contributed by atoms with E-state index in [2.05, 4.69) is 19.9 Å². The van der Waals surface area contributed by atoms with E-state index in [0.717, 1.165) is 22.2 Å². The van der Waals surface area contributed by atoms with E-state index >= 15 is 0 Å². The Morgan fingerprint density at radius 3 is 2.43 bits per heavy atom. The lowest BCUT2D eigenvalue weighted by Crippen LogP contribution is -2.49. The van der Waals surface area contributed by atoms with Crippen molar-refractivity contribution < 1.29 is 4.79 Å². The molecular formula is C23H20N6O. The molecule has 1 aromatic carbocycles. The molecule has 7 heteroatoms. The monoisotopic (exact) mass is 396 g/mol. The third-order valence-corrected chi connectivity index (χ3v) is 5.31. The van der Waals surface area contributed by atoms with Crippen LogP contribution in [0.4, 0.5) is 5.95 Å². The highest BCUT2D eigenvalue weighted by Gasteiger charge is 2.25. The maximum absolute atomic E-state index is 13.5. The average Bonchev–Trinajstić information content (AvgIpc) is 2.84. The highest BCUT2D eigenvalue weighted by atomic mass is 16.2. The largest absolute Gasteiger partial charge is 0.337 e. The summed E-state index contributed by atoms with van der Waals surface area (Å²) >= 11 is 0. The fourth-order valence-corrected chi connectivity index (χ4v) is 3.75. The Labute approximate surface area is 174 Å². The summed E-state index contributed by atoms with van der Waals surface area (Å²) in [5.41, 5.74) is 3.12. The molecule has 4 heterocycles. The molecule has 1 aliphatic rings. The van der Waals surface area contributed by atoms with Crippen LogP contribution in [0.1, 0.15) is 10.4 Å². The second-order valence-corrected chi connectivity index (χ2v) is 7.14. The molecule has 7 nitrogen and oxygen atoms in total. The lowest BCUT2D eigenvalue weighted by Gasteiger charge is -2.34. The zero-order valence-electron chi connectivity index (χ0n) is 16.3. The van der Waals surface area contributed by atoms with E-state index in [9.17, 15) is 4.79 Å². The third-order valence-electron chi connectivity index (χ3n) is 5.31. The number of carbonyl (C=O) groups is 1. The summed E-state index contributed by atoms with van der Waals surface area (Å²) in [6, 6.07) is 15.3. The fourth-order valence-electron chi connectivity index (χ4n) is 3.75. The number of amides is 1. The van der Waals surface area contributed by atoms with Crippen LogP contribution in [0.5, 0.6) is 0 Å². The van der Waals surface area contributed by atoms with Crippen LogP contribution in [-0.2, 0) is 0 Å². The Kier molecular flexibility index (Phi) is 4.77. The van der Waals surface area contributed by atoms with Gasteiger partial charge in [-0.2, -0.15) is 0 Å². The first-order chi connectivity index (χ1) is 14.8. The number of fused-ring (bicyclic) bond motifs is 1. The van der Waals surface area contributed by atoms with Crippen molar-refractivity contribution in [2.24, 2.45) is 0 Å². The number of hydrogen-bond donors (Lipinski definition) is 0. The zero-order chi connectivity index (χ0) is 20.3. The number of aromatic nitrogens is 4. The van der Waals surface area contributed by atoms with Crippen LogP contribution in [0, 0.1) is 0 Å². The van der Waals surface area contributed by atoms with Crippen molar-refractivity contribution in [3.05, 3.63) is 78.9 Å². The normalized spacial score (nSPS) is 14.1. The number of pyridine rings is 2. The molecule has 1 fully saturated rings. The second kappa shape index (κ2) is 7.87. The number of hydrogen-bond acceptors (Lipinski definition) is 6. The van der Waals surface area contributed by atoms with Crippen LogP contribution in [-0.4, -0.2) is 56.9 Å². The minimum absolute atomic E-state index is 0.0207. The second-order valence-electron chi connectivity index (χ2n) is 7.14. The maximum Gasteiger partial charge on any atom is 0.254 e. The van der Waals surface area contributed by atoms with E-state index < -0.39 is 0 Å². The van der Waals surface area contributed by atoms with Crippen molar-refractivity contribution in [2.75, 3.05) is 31.1 Å². The summed E-state index contributed by atoms with van der Waals surface area (Å²) < 4.78 is 0. The summed E-state index contributed by atoms with van der Waals surface area (Å²) in [6.07, 6.45) is 6.97. The van der Waals surface area contributed by atoms with Crippen LogP contribution in [0.3, 0.4) is 0 Å². The Morgan fingerprint density at radius 1 is 0.867 bits per heavy atom. The molecular weight excluding hydrogens is 376 g/mol. The van der Waals surface area contributed by atoms with Gasteiger partial charge in [0.1, 0.15) is 0 Å². The van der Waals surface area contributed by atoms with Gasteiger partial charge in [0.15, 0.2) is 0 Å². The molecule has 0 unspecified atom stereocenters. The SMILES string of the molecule is O=C(c1cc(-c2cccnc2)nc2ccccc12)N1CCN(c2ncccn2)CC1. The molecule has 0 spiro atoms. The quantitative estimate of drug-likeness (QED) is 0.530. The van der Waals surface area contributed by atoms with Crippen molar-refractivity contribution in [2.45, 2.75) is 0 Å². The number of piperazine rings is 1. The Hall–Kier alpha value is -3.87. The number of para-hydroxylation sites is 1. The number of carbonyl (C=O) groups excluding carboxylic acids is 1. The van der Waals surface area contributed by atoms with Crippen molar-refractivity contribution in [3.63, 3.8) is 0 Å². The van der Waals surface area contributed by atoms with Crippen LogP contribution in [0.15, 0.2) is 73.3 Å². The van der Waals surface area contributed by atoms with Crippen LogP contribution >= 0.6 is 0 Å². The molecule has 0 radical (unpaired) electrons.